The summed E-state index contributed by atoms with van der Waals surface area (Å²) in [6.45, 7) is 4.29. The van der Waals surface area contributed by atoms with E-state index in [1.54, 1.807) is 18.0 Å². The van der Waals surface area contributed by atoms with Gasteiger partial charge in [-0.25, -0.2) is 0 Å². The van der Waals surface area contributed by atoms with E-state index in [0.717, 1.165) is 18.8 Å². The fourth-order valence-electron chi connectivity index (χ4n) is 2.86. The van der Waals surface area contributed by atoms with Gasteiger partial charge in [-0.1, -0.05) is 17.7 Å². The van der Waals surface area contributed by atoms with Crippen molar-refractivity contribution in [2.45, 2.75) is 6.92 Å². The summed E-state index contributed by atoms with van der Waals surface area (Å²) in [5, 5.41) is 0.702. The van der Waals surface area contributed by atoms with Gasteiger partial charge in [0.15, 0.2) is 12.4 Å². The molecule has 1 fully saturated rings. The van der Waals surface area contributed by atoms with Crippen LogP contribution < -0.4 is 15.1 Å². The molecule has 0 bridgehead atoms. The Balaban J connectivity index is 1.54. The first-order valence-electron chi connectivity index (χ1n) is 8.14. The lowest BCUT2D eigenvalue weighted by Gasteiger charge is -2.36. The second-order valence-corrected chi connectivity index (χ2v) is 6.37. The Morgan fingerprint density at radius 1 is 1.24 bits per heavy atom. The van der Waals surface area contributed by atoms with Crippen molar-refractivity contribution in [2.24, 2.45) is 0 Å². The zero-order chi connectivity index (χ0) is 17.8. The topological polar surface area (TPSA) is 65.6 Å². The SMILES string of the molecule is Cc1[nH]ccc(=O)c1OCC(=O)N1CCN(c2cccc(Cl)c2)CC1. The Kier molecular flexibility index (Phi) is 5.28. The van der Waals surface area contributed by atoms with Gasteiger partial charge in [0.2, 0.25) is 5.43 Å². The quantitative estimate of drug-likeness (QED) is 0.905. The molecule has 0 radical (unpaired) electrons. The molecular formula is C18H20ClN3O3. The molecule has 0 aliphatic carbocycles. The normalized spacial score (nSPS) is 14.5. The molecule has 7 heteroatoms. The van der Waals surface area contributed by atoms with E-state index in [-0.39, 0.29) is 23.7 Å². The molecule has 1 aromatic heterocycles. The third-order valence-corrected chi connectivity index (χ3v) is 4.48. The number of nitrogens with one attached hydrogen (secondary N) is 1. The van der Waals surface area contributed by atoms with Crippen molar-refractivity contribution in [3.63, 3.8) is 0 Å². The molecule has 6 nitrogen and oxygen atoms in total. The molecule has 1 amide bonds. The monoisotopic (exact) mass is 361 g/mol. The van der Waals surface area contributed by atoms with Crippen LogP contribution in [0.5, 0.6) is 5.75 Å². The van der Waals surface area contributed by atoms with E-state index in [1.807, 2.05) is 24.3 Å². The summed E-state index contributed by atoms with van der Waals surface area (Å²) < 4.78 is 5.44. The average Bonchev–Trinajstić information content (AvgIpc) is 2.61. The van der Waals surface area contributed by atoms with Gasteiger partial charge < -0.3 is 19.5 Å². The minimum Gasteiger partial charge on any atom is -0.478 e. The van der Waals surface area contributed by atoms with Crippen molar-refractivity contribution in [3.8, 4) is 5.75 Å². The predicted octanol–water partition coefficient (Wildman–Crippen LogP) is 2.06. The number of carbonyl (C=O) groups excluding carboxylic acids is 1. The van der Waals surface area contributed by atoms with Crippen molar-refractivity contribution in [1.82, 2.24) is 9.88 Å². The van der Waals surface area contributed by atoms with Crippen LogP contribution in [0.4, 0.5) is 5.69 Å². The van der Waals surface area contributed by atoms with E-state index >= 15 is 0 Å². The molecule has 1 aromatic carbocycles. The number of aromatic nitrogens is 1. The molecule has 0 unspecified atom stereocenters. The summed E-state index contributed by atoms with van der Waals surface area (Å²) in [6, 6.07) is 9.08. The first kappa shape index (κ1) is 17.4. The number of anilines is 1. The number of benzene rings is 1. The second kappa shape index (κ2) is 7.61. The summed E-state index contributed by atoms with van der Waals surface area (Å²) in [4.78, 5) is 31.0. The van der Waals surface area contributed by atoms with Crippen molar-refractivity contribution < 1.29 is 9.53 Å². The smallest absolute Gasteiger partial charge is 0.260 e. The van der Waals surface area contributed by atoms with Crippen molar-refractivity contribution in [3.05, 3.63) is 57.5 Å². The zero-order valence-electron chi connectivity index (χ0n) is 14.0. The van der Waals surface area contributed by atoms with Gasteiger partial charge in [0.05, 0.1) is 5.69 Å². The molecule has 0 spiro atoms. The van der Waals surface area contributed by atoms with Crippen LogP contribution in [-0.2, 0) is 4.79 Å². The highest BCUT2D eigenvalue weighted by molar-refractivity contribution is 6.30. The second-order valence-electron chi connectivity index (χ2n) is 5.93. The highest BCUT2D eigenvalue weighted by atomic mass is 35.5. The molecular weight excluding hydrogens is 342 g/mol. The Bertz CT molecular complexity index is 813. The molecule has 1 N–H and O–H groups in total. The Morgan fingerprint density at radius 3 is 2.68 bits per heavy atom. The largest absolute Gasteiger partial charge is 0.478 e. The van der Waals surface area contributed by atoms with Crippen LogP contribution in [0, 0.1) is 6.92 Å². The molecule has 2 aromatic rings. The molecule has 1 aliphatic rings. The molecule has 25 heavy (non-hydrogen) atoms. The lowest BCUT2D eigenvalue weighted by molar-refractivity contribution is -0.133. The number of amides is 1. The first-order chi connectivity index (χ1) is 12.0. The predicted molar refractivity (Wildman–Crippen MR) is 97.5 cm³/mol. The number of hydrogen-bond acceptors (Lipinski definition) is 4. The average molecular weight is 362 g/mol. The first-order valence-corrected chi connectivity index (χ1v) is 8.52. The van der Waals surface area contributed by atoms with Gasteiger partial charge in [0, 0.05) is 49.2 Å². The Labute approximate surface area is 151 Å². The maximum absolute atomic E-state index is 12.3. The number of hydrogen-bond donors (Lipinski definition) is 1. The molecule has 3 rings (SSSR count). The highest BCUT2D eigenvalue weighted by Gasteiger charge is 2.22. The molecule has 0 saturated carbocycles. The summed E-state index contributed by atoms with van der Waals surface area (Å²) >= 11 is 6.03. The molecule has 1 saturated heterocycles. The van der Waals surface area contributed by atoms with Gasteiger partial charge >= 0.3 is 0 Å². The van der Waals surface area contributed by atoms with E-state index in [2.05, 4.69) is 9.88 Å². The molecule has 2 heterocycles. The fraction of sp³-hybridized carbons (Fsp3) is 0.333. The number of piperazine rings is 1. The molecule has 132 valence electrons. The highest BCUT2D eigenvalue weighted by Crippen LogP contribution is 2.20. The summed E-state index contributed by atoms with van der Waals surface area (Å²) in [7, 11) is 0. The van der Waals surface area contributed by atoms with E-state index < -0.39 is 0 Å². The zero-order valence-corrected chi connectivity index (χ0v) is 14.8. The lowest BCUT2D eigenvalue weighted by atomic mass is 10.2. The van der Waals surface area contributed by atoms with Gasteiger partial charge in [-0.2, -0.15) is 0 Å². The van der Waals surface area contributed by atoms with Crippen LogP contribution in [0.2, 0.25) is 5.02 Å². The molecule has 1 aliphatic heterocycles. The summed E-state index contributed by atoms with van der Waals surface area (Å²) in [6.07, 6.45) is 1.56. The maximum atomic E-state index is 12.3. The maximum Gasteiger partial charge on any atom is 0.260 e. The van der Waals surface area contributed by atoms with Crippen LogP contribution in [0.15, 0.2) is 41.3 Å². The number of H-pyrrole nitrogens is 1. The number of nitrogens with zero attached hydrogens (tertiary/aromatic N) is 2. The van der Waals surface area contributed by atoms with Gasteiger partial charge in [-0.05, 0) is 25.1 Å². The van der Waals surface area contributed by atoms with Gasteiger partial charge in [-0.3, -0.25) is 9.59 Å². The van der Waals surface area contributed by atoms with Crippen LogP contribution in [-0.4, -0.2) is 48.6 Å². The number of aryl methyl sites for hydroxylation is 1. The standard InChI is InChI=1S/C18H20ClN3O3/c1-13-18(16(23)5-6-20-13)25-12-17(24)22-9-7-21(8-10-22)15-4-2-3-14(19)11-15/h2-6,11H,7-10,12H2,1H3,(H,20,23). The Morgan fingerprint density at radius 2 is 2.00 bits per heavy atom. The van der Waals surface area contributed by atoms with Crippen molar-refractivity contribution >= 4 is 23.2 Å². The number of rotatable bonds is 4. The van der Waals surface area contributed by atoms with Crippen molar-refractivity contribution in [2.75, 3.05) is 37.7 Å². The third kappa shape index (κ3) is 4.14. The van der Waals surface area contributed by atoms with Crippen LogP contribution in [0.3, 0.4) is 0 Å². The number of carbonyl (C=O) groups is 1. The Hall–Kier alpha value is -2.47. The van der Waals surface area contributed by atoms with Crippen LogP contribution in [0.1, 0.15) is 5.69 Å². The van der Waals surface area contributed by atoms with Gasteiger partial charge in [0.25, 0.3) is 5.91 Å². The summed E-state index contributed by atoms with van der Waals surface area (Å²) in [5.41, 5.74) is 1.45. The lowest BCUT2D eigenvalue weighted by Crippen LogP contribution is -2.50. The third-order valence-electron chi connectivity index (χ3n) is 4.24. The van der Waals surface area contributed by atoms with E-state index in [9.17, 15) is 9.59 Å². The van der Waals surface area contributed by atoms with E-state index in [0.29, 0.717) is 23.8 Å². The van der Waals surface area contributed by atoms with Crippen molar-refractivity contribution in [1.29, 1.82) is 0 Å². The van der Waals surface area contributed by atoms with E-state index in [1.165, 1.54) is 6.07 Å². The van der Waals surface area contributed by atoms with Crippen LogP contribution in [0.25, 0.3) is 0 Å². The summed E-state index contributed by atoms with van der Waals surface area (Å²) in [5.74, 6) is 0.0850. The van der Waals surface area contributed by atoms with Gasteiger partial charge in [-0.15, -0.1) is 0 Å². The minimum absolute atomic E-state index is 0.117. The number of halogens is 1. The number of ether oxygens (including phenoxy) is 1. The van der Waals surface area contributed by atoms with Gasteiger partial charge in [0.1, 0.15) is 0 Å². The number of pyridine rings is 1. The fourth-order valence-corrected chi connectivity index (χ4v) is 3.04. The number of aromatic amines is 1. The minimum atomic E-state index is -0.227. The van der Waals surface area contributed by atoms with Crippen LogP contribution >= 0.6 is 11.6 Å². The molecule has 0 atom stereocenters. The van der Waals surface area contributed by atoms with E-state index in [4.69, 9.17) is 16.3 Å².